The third kappa shape index (κ3) is 2.82. The number of carbonyl (C=O) groups excluding carboxylic acids is 1. The topological polar surface area (TPSA) is 97.4 Å². The molecule has 2 aromatic heterocycles. The Bertz CT molecular complexity index is 600. The van der Waals surface area contributed by atoms with E-state index in [9.17, 15) is 9.59 Å². The van der Waals surface area contributed by atoms with E-state index in [2.05, 4.69) is 10.4 Å². The van der Waals surface area contributed by atoms with E-state index in [0.29, 0.717) is 13.0 Å². The van der Waals surface area contributed by atoms with Crippen LogP contribution in [0.1, 0.15) is 26.6 Å². The highest BCUT2D eigenvalue weighted by molar-refractivity contribution is 6.02. The molecule has 0 radical (unpaired) electrons. The van der Waals surface area contributed by atoms with Crippen LogP contribution < -0.4 is 5.32 Å². The summed E-state index contributed by atoms with van der Waals surface area (Å²) in [6, 6.07) is 3.10. The summed E-state index contributed by atoms with van der Waals surface area (Å²) in [6.45, 7) is 0.373. The highest BCUT2D eigenvalue weighted by atomic mass is 16.4. The molecule has 19 heavy (non-hydrogen) atoms. The molecule has 100 valence electrons. The Morgan fingerprint density at radius 1 is 1.47 bits per heavy atom. The number of aromatic nitrogens is 2. The number of rotatable bonds is 5. The number of amides is 1. The summed E-state index contributed by atoms with van der Waals surface area (Å²) in [5.74, 6) is -1.91. The normalized spacial score (nSPS) is 10.4. The van der Waals surface area contributed by atoms with Crippen molar-refractivity contribution in [1.82, 2.24) is 15.1 Å². The van der Waals surface area contributed by atoms with Gasteiger partial charge < -0.3 is 14.8 Å². The summed E-state index contributed by atoms with van der Waals surface area (Å²) < 4.78 is 6.60. The van der Waals surface area contributed by atoms with Gasteiger partial charge in [0.2, 0.25) is 5.76 Å². The lowest BCUT2D eigenvalue weighted by molar-refractivity contribution is 0.0688. The smallest absolute Gasteiger partial charge is 0.339 e. The van der Waals surface area contributed by atoms with Gasteiger partial charge in [-0.05, 0) is 12.1 Å². The molecule has 2 N–H and O–H groups in total. The molecule has 0 spiro atoms. The van der Waals surface area contributed by atoms with E-state index in [1.807, 2.05) is 13.1 Å². The number of carboxylic acids is 1. The summed E-state index contributed by atoms with van der Waals surface area (Å²) in [5, 5.41) is 15.5. The summed E-state index contributed by atoms with van der Waals surface area (Å²) in [4.78, 5) is 22.6. The molecular weight excluding hydrogens is 250 g/mol. The Kier molecular flexibility index (Phi) is 3.65. The minimum Gasteiger partial charge on any atom is -0.478 e. The van der Waals surface area contributed by atoms with Gasteiger partial charge in [0.25, 0.3) is 5.91 Å². The maximum atomic E-state index is 11.8. The number of carbonyl (C=O) groups is 2. The van der Waals surface area contributed by atoms with Gasteiger partial charge in [-0.25, -0.2) is 4.79 Å². The number of furan rings is 1. The average molecular weight is 263 g/mol. The lowest BCUT2D eigenvalue weighted by atomic mass is 10.2. The van der Waals surface area contributed by atoms with Gasteiger partial charge in [0.15, 0.2) is 0 Å². The molecule has 0 saturated carbocycles. The van der Waals surface area contributed by atoms with Gasteiger partial charge in [-0.3, -0.25) is 9.48 Å². The summed E-state index contributed by atoms with van der Waals surface area (Å²) in [7, 11) is 1.81. The molecule has 0 aliphatic rings. The number of carboxylic acid groups (broad SMARTS) is 1. The highest BCUT2D eigenvalue weighted by Gasteiger charge is 2.19. The van der Waals surface area contributed by atoms with Gasteiger partial charge in [-0.1, -0.05) is 0 Å². The van der Waals surface area contributed by atoms with Crippen molar-refractivity contribution in [2.24, 2.45) is 7.05 Å². The molecule has 0 unspecified atom stereocenters. The van der Waals surface area contributed by atoms with Crippen LogP contribution in [-0.4, -0.2) is 33.3 Å². The SMILES string of the molecule is Cn1nccc1CCNC(=O)c1occc1C(=O)O. The predicted molar refractivity (Wildman–Crippen MR) is 64.9 cm³/mol. The first-order valence-corrected chi connectivity index (χ1v) is 5.65. The molecule has 0 aromatic carbocycles. The van der Waals surface area contributed by atoms with E-state index in [4.69, 9.17) is 9.52 Å². The van der Waals surface area contributed by atoms with Crippen molar-refractivity contribution < 1.29 is 19.1 Å². The molecular formula is C12H13N3O4. The number of aromatic carboxylic acids is 1. The molecule has 2 aromatic rings. The second kappa shape index (κ2) is 5.38. The van der Waals surface area contributed by atoms with Crippen molar-refractivity contribution in [3.8, 4) is 0 Å². The third-order valence-electron chi connectivity index (χ3n) is 2.69. The first kappa shape index (κ1) is 12.9. The van der Waals surface area contributed by atoms with Gasteiger partial charge in [-0.2, -0.15) is 5.10 Å². The van der Waals surface area contributed by atoms with Gasteiger partial charge >= 0.3 is 5.97 Å². The molecule has 2 rings (SSSR count). The fraction of sp³-hybridized carbons (Fsp3) is 0.250. The maximum absolute atomic E-state index is 11.8. The van der Waals surface area contributed by atoms with E-state index in [1.54, 1.807) is 10.9 Å². The van der Waals surface area contributed by atoms with Crippen molar-refractivity contribution in [3.63, 3.8) is 0 Å². The molecule has 0 atom stereocenters. The van der Waals surface area contributed by atoms with Gasteiger partial charge in [0.05, 0.1) is 6.26 Å². The van der Waals surface area contributed by atoms with E-state index >= 15 is 0 Å². The Hall–Kier alpha value is -2.57. The summed E-state index contributed by atoms with van der Waals surface area (Å²) >= 11 is 0. The second-order valence-corrected chi connectivity index (χ2v) is 3.92. The summed E-state index contributed by atoms with van der Waals surface area (Å²) in [5.41, 5.74) is 0.830. The summed E-state index contributed by atoms with van der Waals surface area (Å²) in [6.07, 6.45) is 3.46. The van der Waals surface area contributed by atoms with Crippen LogP contribution >= 0.6 is 0 Å². The lowest BCUT2D eigenvalue weighted by Crippen LogP contribution is -2.27. The highest BCUT2D eigenvalue weighted by Crippen LogP contribution is 2.10. The van der Waals surface area contributed by atoms with E-state index in [0.717, 1.165) is 5.69 Å². The van der Waals surface area contributed by atoms with Crippen LogP contribution in [0.4, 0.5) is 0 Å². The number of nitrogens with one attached hydrogen (secondary N) is 1. The van der Waals surface area contributed by atoms with Crippen LogP contribution in [0.25, 0.3) is 0 Å². The van der Waals surface area contributed by atoms with Crippen LogP contribution in [0.5, 0.6) is 0 Å². The molecule has 0 aliphatic carbocycles. The van der Waals surface area contributed by atoms with E-state index < -0.39 is 11.9 Å². The molecule has 1 amide bonds. The number of nitrogens with zero attached hydrogens (tertiary/aromatic N) is 2. The zero-order valence-electron chi connectivity index (χ0n) is 10.3. The number of hydrogen-bond donors (Lipinski definition) is 2. The number of aryl methyl sites for hydroxylation is 1. The van der Waals surface area contributed by atoms with Gasteiger partial charge in [0, 0.05) is 31.9 Å². The fourth-order valence-corrected chi connectivity index (χ4v) is 1.68. The standard InChI is InChI=1S/C12H13N3O4/c1-15-8(3-6-14-15)2-5-13-11(16)10-9(12(17)18)4-7-19-10/h3-4,6-7H,2,5H2,1H3,(H,13,16)(H,17,18). The van der Waals surface area contributed by atoms with E-state index in [-0.39, 0.29) is 11.3 Å². The van der Waals surface area contributed by atoms with Gasteiger partial charge in [-0.15, -0.1) is 0 Å². The van der Waals surface area contributed by atoms with Crippen LogP contribution in [-0.2, 0) is 13.5 Å². The van der Waals surface area contributed by atoms with Crippen LogP contribution in [0, 0.1) is 0 Å². The molecule has 0 aliphatic heterocycles. The van der Waals surface area contributed by atoms with Crippen LogP contribution in [0.3, 0.4) is 0 Å². The first-order chi connectivity index (χ1) is 9.09. The lowest BCUT2D eigenvalue weighted by Gasteiger charge is -2.04. The van der Waals surface area contributed by atoms with Crippen LogP contribution in [0.15, 0.2) is 29.0 Å². The fourth-order valence-electron chi connectivity index (χ4n) is 1.68. The predicted octanol–water partition coefficient (Wildman–Crippen LogP) is 0.684. The van der Waals surface area contributed by atoms with Crippen molar-refractivity contribution in [3.05, 3.63) is 41.6 Å². The first-order valence-electron chi connectivity index (χ1n) is 5.65. The minimum atomic E-state index is -1.19. The Balaban J connectivity index is 1.93. The largest absolute Gasteiger partial charge is 0.478 e. The monoisotopic (exact) mass is 263 g/mol. The van der Waals surface area contributed by atoms with Crippen molar-refractivity contribution >= 4 is 11.9 Å². The third-order valence-corrected chi connectivity index (χ3v) is 2.69. The zero-order valence-corrected chi connectivity index (χ0v) is 10.3. The molecule has 0 fully saturated rings. The average Bonchev–Trinajstić information content (AvgIpc) is 2.98. The Labute approximate surface area is 108 Å². The maximum Gasteiger partial charge on any atom is 0.339 e. The minimum absolute atomic E-state index is 0.141. The quantitative estimate of drug-likeness (QED) is 0.826. The van der Waals surface area contributed by atoms with E-state index in [1.165, 1.54) is 12.3 Å². The zero-order chi connectivity index (χ0) is 13.8. The van der Waals surface area contributed by atoms with Crippen molar-refractivity contribution in [2.45, 2.75) is 6.42 Å². The number of hydrogen-bond acceptors (Lipinski definition) is 4. The second-order valence-electron chi connectivity index (χ2n) is 3.92. The molecule has 7 nitrogen and oxygen atoms in total. The van der Waals surface area contributed by atoms with Crippen molar-refractivity contribution in [1.29, 1.82) is 0 Å². The Morgan fingerprint density at radius 2 is 2.26 bits per heavy atom. The van der Waals surface area contributed by atoms with Crippen molar-refractivity contribution in [2.75, 3.05) is 6.54 Å². The van der Waals surface area contributed by atoms with Crippen LogP contribution in [0.2, 0.25) is 0 Å². The van der Waals surface area contributed by atoms with Gasteiger partial charge in [0.1, 0.15) is 5.56 Å². The molecule has 7 heteroatoms. The Morgan fingerprint density at radius 3 is 2.89 bits per heavy atom. The molecule has 0 saturated heterocycles. The molecule has 0 bridgehead atoms. The molecule has 2 heterocycles.